The quantitative estimate of drug-likeness (QED) is 0.706. The fourth-order valence-electron chi connectivity index (χ4n) is 2.85. The van der Waals surface area contributed by atoms with Gasteiger partial charge in [-0.3, -0.25) is 4.79 Å². The fourth-order valence-corrected chi connectivity index (χ4v) is 3.99. The average Bonchev–Trinajstić information content (AvgIpc) is 2.62. The maximum absolute atomic E-state index is 12.6. The molecule has 0 aromatic heterocycles. The second-order valence-electron chi connectivity index (χ2n) is 5.92. The molecule has 0 aliphatic carbocycles. The summed E-state index contributed by atoms with van der Waals surface area (Å²) in [6, 6.07) is 7.32. The van der Waals surface area contributed by atoms with Gasteiger partial charge in [0.15, 0.2) is 0 Å². The predicted molar refractivity (Wildman–Crippen MR) is 92.2 cm³/mol. The molecular weight excluding hydrogens is 344 g/mol. The minimum Gasteiger partial charge on any atom is -0.464 e. The maximum Gasteiger partial charge on any atom is 0.328 e. The number of rotatable bonds is 6. The zero-order chi connectivity index (χ0) is 18.4. The molecule has 2 rings (SSSR count). The highest BCUT2D eigenvalue weighted by Crippen LogP contribution is 2.20. The van der Waals surface area contributed by atoms with Crippen LogP contribution < -0.4 is 0 Å². The normalized spacial score (nSPS) is 18.2. The van der Waals surface area contributed by atoms with Crippen molar-refractivity contribution in [2.24, 2.45) is 0 Å². The number of piperidine rings is 1. The number of amides is 1. The van der Waals surface area contributed by atoms with Crippen molar-refractivity contribution in [2.75, 3.05) is 26.7 Å². The van der Waals surface area contributed by atoms with Crippen molar-refractivity contribution in [2.45, 2.75) is 37.1 Å². The van der Waals surface area contributed by atoms with Crippen LogP contribution in [0, 0.1) is 0 Å². The first kappa shape index (κ1) is 19.4. The van der Waals surface area contributed by atoms with Gasteiger partial charge in [0, 0.05) is 13.6 Å². The minimum absolute atomic E-state index is 0.130. The number of likely N-dealkylation sites (N-methyl/N-ethyl adjacent to an activating group) is 1. The van der Waals surface area contributed by atoms with Crippen LogP contribution in [-0.4, -0.2) is 62.3 Å². The van der Waals surface area contributed by atoms with Crippen LogP contribution in [0.25, 0.3) is 0 Å². The number of carbonyl (C=O) groups excluding carboxylic acids is 2. The van der Waals surface area contributed by atoms with Crippen LogP contribution in [-0.2, 0) is 24.3 Å². The predicted octanol–water partition coefficient (Wildman–Crippen LogP) is 1.25. The summed E-state index contributed by atoms with van der Waals surface area (Å²) in [4.78, 5) is 26.3. The van der Waals surface area contributed by atoms with Crippen molar-refractivity contribution >= 4 is 21.9 Å². The number of carbonyl (C=O) groups is 2. The zero-order valence-corrected chi connectivity index (χ0v) is 15.4. The number of nitrogens with zero attached hydrogens (tertiary/aromatic N) is 2. The van der Waals surface area contributed by atoms with Crippen molar-refractivity contribution in [3.8, 4) is 0 Å². The molecule has 1 aromatic rings. The number of hydrogen-bond donors (Lipinski definition) is 0. The molecule has 1 aliphatic heterocycles. The van der Waals surface area contributed by atoms with Crippen molar-refractivity contribution in [3.05, 3.63) is 30.3 Å². The molecule has 1 aliphatic rings. The monoisotopic (exact) mass is 368 g/mol. The molecule has 1 fully saturated rings. The Bertz CT molecular complexity index is 705. The highest BCUT2D eigenvalue weighted by Gasteiger charge is 2.34. The van der Waals surface area contributed by atoms with Gasteiger partial charge in [0.1, 0.15) is 6.04 Å². The molecule has 1 unspecified atom stereocenters. The van der Waals surface area contributed by atoms with Crippen LogP contribution in [0.2, 0.25) is 0 Å². The summed E-state index contributed by atoms with van der Waals surface area (Å²) in [6.45, 7) is 2.08. The van der Waals surface area contributed by atoms with Crippen molar-refractivity contribution in [3.63, 3.8) is 0 Å². The van der Waals surface area contributed by atoms with E-state index in [2.05, 4.69) is 0 Å². The standard InChI is InChI=1S/C17H24N2O5S/c1-3-24-17(21)15-11-7-8-12-19(15)16(20)13-18(2)25(22,23)14-9-5-4-6-10-14/h4-6,9-10,15H,3,7-8,11-13H2,1-2H3. The Morgan fingerprint density at radius 3 is 2.56 bits per heavy atom. The summed E-state index contributed by atoms with van der Waals surface area (Å²) in [6.07, 6.45) is 2.17. The Morgan fingerprint density at radius 2 is 1.92 bits per heavy atom. The molecule has 25 heavy (non-hydrogen) atoms. The van der Waals surface area contributed by atoms with E-state index >= 15 is 0 Å². The number of hydrogen-bond acceptors (Lipinski definition) is 5. The number of sulfonamides is 1. The molecule has 0 N–H and O–H groups in total. The van der Waals surface area contributed by atoms with E-state index < -0.39 is 22.0 Å². The van der Waals surface area contributed by atoms with Gasteiger partial charge < -0.3 is 9.64 Å². The molecule has 1 heterocycles. The molecule has 1 amide bonds. The van der Waals surface area contributed by atoms with Gasteiger partial charge in [-0.1, -0.05) is 18.2 Å². The second-order valence-corrected chi connectivity index (χ2v) is 7.97. The Kier molecular flexibility index (Phi) is 6.55. The van der Waals surface area contributed by atoms with E-state index in [4.69, 9.17) is 4.74 Å². The molecule has 0 radical (unpaired) electrons. The van der Waals surface area contributed by atoms with Crippen LogP contribution in [0.4, 0.5) is 0 Å². The molecule has 0 spiro atoms. The maximum atomic E-state index is 12.6. The molecule has 1 atom stereocenters. The lowest BCUT2D eigenvalue weighted by atomic mass is 10.0. The lowest BCUT2D eigenvalue weighted by Crippen LogP contribution is -2.51. The Labute approximate surface area is 148 Å². The number of esters is 1. The summed E-state index contributed by atoms with van der Waals surface area (Å²) in [5.74, 6) is -0.816. The first-order chi connectivity index (χ1) is 11.9. The summed E-state index contributed by atoms with van der Waals surface area (Å²) < 4.78 is 31.1. The van der Waals surface area contributed by atoms with E-state index in [1.54, 1.807) is 25.1 Å². The molecule has 1 aromatic carbocycles. The van der Waals surface area contributed by atoms with Crippen LogP contribution in [0.15, 0.2) is 35.2 Å². The average molecular weight is 368 g/mol. The molecule has 138 valence electrons. The van der Waals surface area contributed by atoms with Crippen LogP contribution >= 0.6 is 0 Å². The van der Waals surface area contributed by atoms with E-state index in [9.17, 15) is 18.0 Å². The van der Waals surface area contributed by atoms with Gasteiger partial charge in [-0.2, -0.15) is 4.31 Å². The zero-order valence-electron chi connectivity index (χ0n) is 14.6. The second kappa shape index (κ2) is 8.44. The highest BCUT2D eigenvalue weighted by atomic mass is 32.2. The summed E-state index contributed by atoms with van der Waals surface area (Å²) in [5, 5.41) is 0. The van der Waals surface area contributed by atoms with Crippen molar-refractivity contribution < 1.29 is 22.7 Å². The van der Waals surface area contributed by atoms with Gasteiger partial charge in [-0.05, 0) is 38.3 Å². The van der Waals surface area contributed by atoms with Gasteiger partial charge in [0.25, 0.3) is 0 Å². The third kappa shape index (κ3) is 4.58. The SMILES string of the molecule is CCOC(=O)C1CCCCN1C(=O)CN(C)S(=O)(=O)c1ccccc1. The first-order valence-electron chi connectivity index (χ1n) is 8.35. The number of ether oxygens (including phenoxy) is 1. The van der Waals surface area contributed by atoms with Crippen molar-refractivity contribution in [1.29, 1.82) is 0 Å². The molecule has 0 bridgehead atoms. The first-order valence-corrected chi connectivity index (χ1v) is 9.79. The minimum atomic E-state index is -3.75. The third-order valence-corrected chi connectivity index (χ3v) is 6.01. The van der Waals surface area contributed by atoms with E-state index in [1.807, 2.05) is 0 Å². The molecule has 8 heteroatoms. The molecular formula is C17H24N2O5S. The molecule has 1 saturated heterocycles. The largest absolute Gasteiger partial charge is 0.464 e. The smallest absolute Gasteiger partial charge is 0.328 e. The van der Waals surface area contributed by atoms with Gasteiger partial charge >= 0.3 is 5.97 Å². The summed E-state index contributed by atoms with van der Waals surface area (Å²) in [5.41, 5.74) is 0. The lowest BCUT2D eigenvalue weighted by molar-refractivity contribution is -0.156. The molecule has 0 saturated carbocycles. The molecule has 7 nitrogen and oxygen atoms in total. The van der Waals surface area contributed by atoms with E-state index in [0.29, 0.717) is 13.0 Å². The van der Waals surface area contributed by atoms with E-state index in [0.717, 1.165) is 17.1 Å². The van der Waals surface area contributed by atoms with Crippen LogP contribution in [0.1, 0.15) is 26.2 Å². The van der Waals surface area contributed by atoms with Crippen molar-refractivity contribution in [1.82, 2.24) is 9.21 Å². The summed E-state index contributed by atoms with van der Waals surface area (Å²) >= 11 is 0. The topological polar surface area (TPSA) is 84.0 Å². The van der Waals surface area contributed by atoms with Crippen LogP contribution in [0.3, 0.4) is 0 Å². The van der Waals surface area contributed by atoms with Gasteiger partial charge in [-0.25, -0.2) is 13.2 Å². The Morgan fingerprint density at radius 1 is 1.24 bits per heavy atom. The number of benzene rings is 1. The summed E-state index contributed by atoms with van der Waals surface area (Å²) in [7, 11) is -2.39. The van der Waals surface area contributed by atoms with E-state index in [-0.39, 0.29) is 24.0 Å². The Hall–Kier alpha value is -1.93. The lowest BCUT2D eigenvalue weighted by Gasteiger charge is -2.34. The van der Waals surface area contributed by atoms with Gasteiger partial charge in [-0.15, -0.1) is 0 Å². The van der Waals surface area contributed by atoms with Gasteiger partial charge in [0.05, 0.1) is 18.0 Å². The Balaban J connectivity index is 2.10. The number of likely N-dealkylation sites (tertiary alicyclic amines) is 1. The van der Waals surface area contributed by atoms with Crippen LogP contribution in [0.5, 0.6) is 0 Å². The van der Waals surface area contributed by atoms with Gasteiger partial charge in [0.2, 0.25) is 15.9 Å². The third-order valence-electron chi connectivity index (χ3n) is 4.19. The van der Waals surface area contributed by atoms with E-state index in [1.165, 1.54) is 24.1 Å². The highest BCUT2D eigenvalue weighted by molar-refractivity contribution is 7.89. The fraction of sp³-hybridized carbons (Fsp3) is 0.529.